The minimum Gasteiger partial charge on any atom is -0.460 e. The Morgan fingerprint density at radius 2 is 1.94 bits per heavy atom. The monoisotopic (exact) mass is 258 g/mol. The van der Waals surface area contributed by atoms with Crippen LogP contribution >= 0.6 is 0 Å². The van der Waals surface area contributed by atoms with Crippen LogP contribution in [0.2, 0.25) is 0 Å². The largest absolute Gasteiger partial charge is 0.460 e. The van der Waals surface area contributed by atoms with Crippen molar-refractivity contribution in [2.24, 2.45) is 0 Å². The van der Waals surface area contributed by atoms with Crippen LogP contribution in [0, 0.1) is 11.6 Å². The molecule has 0 unspecified atom stereocenters. The molecule has 18 heavy (non-hydrogen) atoms. The third kappa shape index (κ3) is 2.89. The second-order valence-corrected chi connectivity index (χ2v) is 3.37. The van der Waals surface area contributed by atoms with Crippen LogP contribution in [-0.4, -0.2) is 25.5 Å². The Balaban J connectivity index is 3.14. The summed E-state index contributed by atoms with van der Waals surface area (Å²) in [6, 6.07) is 1.81. The lowest BCUT2D eigenvalue weighted by molar-refractivity contribution is -0.137. The molecule has 0 amide bonds. The lowest BCUT2D eigenvalue weighted by atomic mass is 10.1. The van der Waals surface area contributed by atoms with E-state index < -0.39 is 34.5 Å². The summed E-state index contributed by atoms with van der Waals surface area (Å²) in [6.45, 7) is 1.18. The first-order chi connectivity index (χ1) is 8.52. The average Bonchev–Trinajstić information content (AvgIpc) is 2.34. The summed E-state index contributed by atoms with van der Waals surface area (Å²) in [7, 11) is 1.26. The van der Waals surface area contributed by atoms with Crippen molar-refractivity contribution in [1.29, 1.82) is 0 Å². The Bertz CT molecular complexity index is 471. The first-order valence-corrected chi connectivity index (χ1v) is 5.20. The van der Waals surface area contributed by atoms with Crippen molar-refractivity contribution in [2.45, 2.75) is 13.5 Å². The molecule has 1 rings (SSSR count). The highest BCUT2D eigenvalue weighted by molar-refractivity contribution is 6.40. The van der Waals surface area contributed by atoms with E-state index in [2.05, 4.69) is 9.47 Å². The highest BCUT2D eigenvalue weighted by atomic mass is 19.1. The molecule has 1 aromatic rings. The Morgan fingerprint density at radius 1 is 1.28 bits per heavy atom. The van der Waals surface area contributed by atoms with Gasteiger partial charge in [-0.05, 0) is 19.1 Å². The van der Waals surface area contributed by atoms with Crippen molar-refractivity contribution in [3.8, 4) is 0 Å². The number of ether oxygens (including phenoxy) is 2. The number of Topliss-reactive ketones (excluding diaryl/α,β-unsaturated/α-hetero) is 1. The molecule has 0 atom stereocenters. The molecule has 6 heteroatoms. The topological polar surface area (TPSA) is 52.6 Å². The van der Waals surface area contributed by atoms with Gasteiger partial charge in [0.2, 0.25) is 0 Å². The molecule has 0 fully saturated rings. The van der Waals surface area contributed by atoms with Gasteiger partial charge in [0.05, 0.1) is 18.8 Å². The second-order valence-electron chi connectivity index (χ2n) is 3.37. The SMILES string of the molecule is CCOC(=O)C(=O)c1ccc(F)c(COC)c1F. The predicted octanol–water partition coefficient (Wildman–Crippen LogP) is 1.86. The Kier molecular flexibility index (Phi) is 4.91. The Morgan fingerprint density at radius 3 is 2.50 bits per heavy atom. The molecule has 0 saturated carbocycles. The number of rotatable bonds is 5. The maximum Gasteiger partial charge on any atom is 0.379 e. The molecule has 0 aromatic heterocycles. The molecule has 0 saturated heterocycles. The standard InChI is InChI=1S/C12H12F2O4/c1-3-18-12(16)11(15)7-4-5-9(13)8(6-17-2)10(7)14/h4-5H,3,6H2,1-2H3. The van der Waals surface area contributed by atoms with Crippen LogP contribution in [-0.2, 0) is 20.9 Å². The van der Waals surface area contributed by atoms with Crippen LogP contribution in [0.25, 0.3) is 0 Å². The number of carbonyl (C=O) groups excluding carboxylic acids is 2. The number of carbonyl (C=O) groups is 2. The highest BCUT2D eigenvalue weighted by Gasteiger charge is 2.24. The first-order valence-electron chi connectivity index (χ1n) is 5.20. The molecule has 4 nitrogen and oxygen atoms in total. The summed E-state index contributed by atoms with van der Waals surface area (Å²) in [5.41, 5.74) is -0.922. The number of hydrogen-bond donors (Lipinski definition) is 0. The summed E-state index contributed by atoms with van der Waals surface area (Å²) >= 11 is 0. The molecular formula is C12H12F2O4. The maximum absolute atomic E-state index is 13.8. The second kappa shape index (κ2) is 6.20. The van der Waals surface area contributed by atoms with Crippen LogP contribution in [0.4, 0.5) is 8.78 Å². The molecule has 0 heterocycles. The number of esters is 1. The zero-order chi connectivity index (χ0) is 13.7. The molecular weight excluding hydrogens is 246 g/mol. The van der Waals surface area contributed by atoms with Gasteiger partial charge in [-0.25, -0.2) is 13.6 Å². The van der Waals surface area contributed by atoms with Crippen molar-refractivity contribution >= 4 is 11.8 Å². The molecule has 0 N–H and O–H groups in total. The van der Waals surface area contributed by atoms with Gasteiger partial charge in [-0.3, -0.25) is 4.79 Å². The van der Waals surface area contributed by atoms with Crippen LogP contribution in [0.3, 0.4) is 0 Å². The predicted molar refractivity (Wildman–Crippen MR) is 58.0 cm³/mol. The quantitative estimate of drug-likeness (QED) is 0.459. The highest BCUT2D eigenvalue weighted by Crippen LogP contribution is 2.18. The maximum atomic E-state index is 13.8. The molecule has 0 spiro atoms. The van der Waals surface area contributed by atoms with E-state index in [9.17, 15) is 18.4 Å². The van der Waals surface area contributed by atoms with Crippen molar-refractivity contribution in [3.05, 3.63) is 34.9 Å². The van der Waals surface area contributed by atoms with E-state index in [0.29, 0.717) is 0 Å². The third-order valence-corrected chi connectivity index (χ3v) is 2.18. The van der Waals surface area contributed by atoms with E-state index in [-0.39, 0.29) is 13.2 Å². The Hall–Kier alpha value is -1.82. The van der Waals surface area contributed by atoms with Crippen LogP contribution in [0.5, 0.6) is 0 Å². The van der Waals surface area contributed by atoms with Gasteiger partial charge in [0.25, 0.3) is 5.78 Å². The Labute approximate surface area is 103 Å². The van der Waals surface area contributed by atoms with E-state index in [1.54, 1.807) is 0 Å². The average molecular weight is 258 g/mol. The normalized spacial score (nSPS) is 10.2. The number of ketones is 1. The van der Waals surface area contributed by atoms with Gasteiger partial charge in [-0.1, -0.05) is 0 Å². The zero-order valence-electron chi connectivity index (χ0n) is 9.96. The number of halogens is 2. The lowest BCUT2D eigenvalue weighted by Crippen LogP contribution is -2.20. The molecule has 0 bridgehead atoms. The summed E-state index contributed by atoms with van der Waals surface area (Å²) in [4.78, 5) is 22.7. The van der Waals surface area contributed by atoms with Crippen molar-refractivity contribution in [3.63, 3.8) is 0 Å². The van der Waals surface area contributed by atoms with Crippen molar-refractivity contribution in [1.82, 2.24) is 0 Å². The number of methoxy groups -OCH3 is 1. The summed E-state index contributed by atoms with van der Waals surface area (Å²) < 4.78 is 36.2. The third-order valence-electron chi connectivity index (χ3n) is 2.18. The van der Waals surface area contributed by atoms with E-state index in [1.807, 2.05) is 0 Å². The smallest absolute Gasteiger partial charge is 0.379 e. The first kappa shape index (κ1) is 14.2. The summed E-state index contributed by atoms with van der Waals surface area (Å²) in [5, 5.41) is 0. The molecule has 0 aliphatic heterocycles. The van der Waals surface area contributed by atoms with Crippen LogP contribution in [0.15, 0.2) is 12.1 Å². The van der Waals surface area contributed by atoms with Crippen LogP contribution < -0.4 is 0 Å². The van der Waals surface area contributed by atoms with Gasteiger partial charge >= 0.3 is 5.97 Å². The van der Waals surface area contributed by atoms with Crippen LogP contribution in [0.1, 0.15) is 22.8 Å². The lowest BCUT2D eigenvalue weighted by Gasteiger charge is -2.07. The van der Waals surface area contributed by atoms with Gasteiger partial charge in [0.1, 0.15) is 11.6 Å². The minimum atomic E-state index is -1.17. The van der Waals surface area contributed by atoms with E-state index in [1.165, 1.54) is 14.0 Å². The molecule has 1 aromatic carbocycles. The number of benzene rings is 1. The van der Waals surface area contributed by atoms with Gasteiger partial charge in [0.15, 0.2) is 0 Å². The van der Waals surface area contributed by atoms with Crippen molar-refractivity contribution < 1.29 is 27.8 Å². The zero-order valence-corrected chi connectivity index (χ0v) is 9.96. The molecule has 0 aliphatic carbocycles. The van der Waals surface area contributed by atoms with E-state index >= 15 is 0 Å². The molecule has 0 aliphatic rings. The minimum absolute atomic E-state index is 0.00167. The molecule has 98 valence electrons. The van der Waals surface area contributed by atoms with Crippen molar-refractivity contribution in [2.75, 3.05) is 13.7 Å². The number of hydrogen-bond acceptors (Lipinski definition) is 4. The van der Waals surface area contributed by atoms with Gasteiger partial charge in [-0.15, -0.1) is 0 Å². The van der Waals surface area contributed by atoms with Gasteiger partial charge in [0, 0.05) is 12.7 Å². The fourth-order valence-electron chi connectivity index (χ4n) is 1.36. The summed E-state index contributed by atoms with van der Waals surface area (Å²) in [6.07, 6.45) is 0. The summed E-state index contributed by atoms with van der Waals surface area (Å²) in [5.74, 6) is -4.26. The molecule has 0 radical (unpaired) electrons. The van der Waals surface area contributed by atoms with E-state index in [0.717, 1.165) is 12.1 Å². The fourth-order valence-corrected chi connectivity index (χ4v) is 1.36. The fraction of sp³-hybridized carbons (Fsp3) is 0.333. The van der Waals surface area contributed by atoms with Gasteiger partial charge in [-0.2, -0.15) is 0 Å². The van der Waals surface area contributed by atoms with Gasteiger partial charge < -0.3 is 9.47 Å². The van der Waals surface area contributed by atoms with E-state index in [4.69, 9.17) is 0 Å².